The smallest absolute Gasteiger partial charge is 0.258 e. The average molecular weight is 337 g/mol. The van der Waals surface area contributed by atoms with Crippen LogP contribution < -0.4 is 10.6 Å². The Morgan fingerprint density at radius 1 is 1.30 bits per heavy atom. The summed E-state index contributed by atoms with van der Waals surface area (Å²) in [5.41, 5.74) is 6.98. The predicted molar refractivity (Wildman–Crippen MR) is 82.3 cm³/mol. The first-order chi connectivity index (χ1) is 9.54. The number of carbonyl (C=O) groups is 1. The maximum atomic E-state index is 13.8. The number of rotatable bonds is 3. The van der Waals surface area contributed by atoms with Gasteiger partial charge in [0.1, 0.15) is 5.82 Å². The van der Waals surface area contributed by atoms with E-state index < -0.39 is 5.82 Å². The summed E-state index contributed by atoms with van der Waals surface area (Å²) in [7, 11) is 0. The average Bonchev–Trinajstić information content (AvgIpc) is 2.44. The molecule has 0 aliphatic carbocycles. The summed E-state index contributed by atoms with van der Waals surface area (Å²) >= 11 is 3.29. The van der Waals surface area contributed by atoms with Gasteiger partial charge in [-0.1, -0.05) is 12.1 Å². The fraction of sp³-hybridized carbons (Fsp3) is 0.133. The van der Waals surface area contributed by atoms with Crippen LogP contribution in [0.2, 0.25) is 0 Å². The Morgan fingerprint density at radius 2 is 2.00 bits per heavy atom. The maximum absolute atomic E-state index is 13.8. The van der Waals surface area contributed by atoms with Crippen LogP contribution in [0.4, 0.5) is 15.8 Å². The van der Waals surface area contributed by atoms with Crippen LogP contribution in [0.1, 0.15) is 17.3 Å². The molecule has 0 fully saturated rings. The van der Waals surface area contributed by atoms with E-state index in [2.05, 4.69) is 15.9 Å². The van der Waals surface area contributed by atoms with E-state index in [1.807, 2.05) is 0 Å². The molecular weight excluding hydrogens is 323 g/mol. The van der Waals surface area contributed by atoms with E-state index in [-0.39, 0.29) is 11.6 Å². The van der Waals surface area contributed by atoms with Gasteiger partial charge in [0, 0.05) is 22.3 Å². The lowest BCUT2D eigenvalue weighted by Gasteiger charge is -2.21. The van der Waals surface area contributed by atoms with Gasteiger partial charge in [0.25, 0.3) is 5.91 Å². The van der Waals surface area contributed by atoms with Crippen LogP contribution in [0.3, 0.4) is 0 Å². The number of carbonyl (C=O) groups excluding carboxylic acids is 1. The highest BCUT2D eigenvalue weighted by atomic mass is 79.9. The standard InChI is InChI=1S/C15H14BrFN2O/c1-2-19(14-6-4-3-5-12(14)17)15(20)10-7-8-13(18)11(16)9-10/h3-9H,2,18H2,1H3. The topological polar surface area (TPSA) is 46.3 Å². The monoisotopic (exact) mass is 336 g/mol. The molecule has 0 bridgehead atoms. The van der Waals surface area contributed by atoms with Gasteiger partial charge >= 0.3 is 0 Å². The predicted octanol–water partition coefficient (Wildman–Crippen LogP) is 3.84. The SMILES string of the molecule is CCN(C(=O)c1ccc(N)c(Br)c1)c1ccccc1F. The number of amides is 1. The number of benzene rings is 2. The first-order valence-corrected chi connectivity index (χ1v) is 6.95. The van der Waals surface area contributed by atoms with Crippen molar-refractivity contribution in [2.75, 3.05) is 17.2 Å². The van der Waals surface area contributed by atoms with E-state index in [1.165, 1.54) is 11.0 Å². The zero-order valence-electron chi connectivity index (χ0n) is 10.9. The molecule has 2 aromatic carbocycles. The van der Waals surface area contributed by atoms with Crippen molar-refractivity contribution in [3.05, 3.63) is 58.3 Å². The molecule has 0 aromatic heterocycles. The fourth-order valence-electron chi connectivity index (χ4n) is 1.91. The van der Waals surface area contributed by atoms with E-state index in [0.717, 1.165) is 0 Å². The van der Waals surface area contributed by atoms with Crippen LogP contribution in [0.15, 0.2) is 46.9 Å². The van der Waals surface area contributed by atoms with Gasteiger partial charge in [-0.25, -0.2) is 4.39 Å². The second-order valence-electron chi connectivity index (χ2n) is 4.24. The number of para-hydroxylation sites is 1. The number of nitrogens with zero attached hydrogens (tertiary/aromatic N) is 1. The zero-order chi connectivity index (χ0) is 14.7. The summed E-state index contributed by atoms with van der Waals surface area (Å²) in [6.45, 7) is 2.18. The van der Waals surface area contributed by atoms with Gasteiger partial charge in [-0.2, -0.15) is 0 Å². The molecular formula is C15H14BrFN2O. The van der Waals surface area contributed by atoms with Crippen LogP contribution in [0, 0.1) is 5.82 Å². The maximum Gasteiger partial charge on any atom is 0.258 e. The molecule has 20 heavy (non-hydrogen) atoms. The third-order valence-electron chi connectivity index (χ3n) is 2.95. The minimum atomic E-state index is -0.419. The summed E-state index contributed by atoms with van der Waals surface area (Å²) in [5, 5.41) is 0. The molecule has 2 aromatic rings. The molecule has 0 radical (unpaired) electrons. The quantitative estimate of drug-likeness (QED) is 0.865. The molecule has 2 rings (SSSR count). The van der Waals surface area contributed by atoms with Crippen LogP contribution >= 0.6 is 15.9 Å². The molecule has 3 nitrogen and oxygen atoms in total. The molecule has 0 aliphatic rings. The molecule has 2 N–H and O–H groups in total. The van der Waals surface area contributed by atoms with Crippen LogP contribution in [0.5, 0.6) is 0 Å². The molecule has 0 unspecified atom stereocenters. The third-order valence-corrected chi connectivity index (χ3v) is 3.64. The van der Waals surface area contributed by atoms with Crippen molar-refractivity contribution >= 4 is 33.2 Å². The Morgan fingerprint density at radius 3 is 2.60 bits per heavy atom. The van der Waals surface area contributed by atoms with Gasteiger partial charge in [0.2, 0.25) is 0 Å². The molecule has 104 valence electrons. The van der Waals surface area contributed by atoms with E-state index >= 15 is 0 Å². The number of nitrogen functional groups attached to an aromatic ring is 1. The molecule has 0 saturated heterocycles. The van der Waals surface area contributed by atoms with E-state index in [9.17, 15) is 9.18 Å². The van der Waals surface area contributed by atoms with Crippen molar-refractivity contribution in [2.24, 2.45) is 0 Å². The fourth-order valence-corrected chi connectivity index (χ4v) is 2.29. The Kier molecular flexibility index (Phi) is 4.39. The first-order valence-electron chi connectivity index (χ1n) is 6.16. The Balaban J connectivity index is 2.39. The molecule has 0 heterocycles. The summed E-state index contributed by atoms with van der Waals surface area (Å²) < 4.78 is 14.5. The molecule has 1 amide bonds. The van der Waals surface area contributed by atoms with E-state index in [0.29, 0.717) is 22.3 Å². The summed E-state index contributed by atoms with van der Waals surface area (Å²) in [6, 6.07) is 11.1. The Labute approximate surface area is 125 Å². The van der Waals surface area contributed by atoms with Crippen molar-refractivity contribution in [1.29, 1.82) is 0 Å². The van der Waals surface area contributed by atoms with Crippen molar-refractivity contribution in [1.82, 2.24) is 0 Å². The second-order valence-corrected chi connectivity index (χ2v) is 5.09. The number of hydrogen-bond acceptors (Lipinski definition) is 2. The molecule has 0 aliphatic heterocycles. The lowest BCUT2D eigenvalue weighted by molar-refractivity contribution is 0.0987. The minimum Gasteiger partial charge on any atom is -0.398 e. The van der Waals surface area contributed by atoms with Gasteiger partial charge < -0.3 is 10.6 Å². The lowest BCUT2D eigenvalue weighted by atomic mass is 10.1. The van der Waals surface area contributed by atoms with Crippen molar-refractivity contribution in [2.45, 2.75) is 6.92 Å². The van der Waals surface area contributed by atoms with Gasteiger partial charge in [0.05, 0.1) is 5.69 Å². The second kappa shape index (κ2) is 6.05. The normalized spacial score (nSPS) is 10.3. The first kappa shape index (κ1) is 14.5. The molecule has 0 atom stereocenters. The number of anilines is 2. The highest BCUT2D eigenvalue weighted by Gasteiger charge is 2.19. The Hall–Kier alpha value is -1.88. The molecule has 5 heteroatoms. The van der Waals surface area contributed by atoms with E-state index in [1.54, 1.807) is 43.3 Å². The van der Waals surface area contributed by atoms with Crippen LogP contribution in [-0.2, 0) is 0 Å². The Bertz CT molecular complexity index is 646. The third kappa shape index (κ3) is 2.82. The van der Waals surface area contributed by atoms with Gasteiger partial charge in [-0.05, 0) is 53.2 Å². The van der Waals surface area contributed by atoms with Crippen molar-refractivity contribution < 1.29 is 9.18 Å². The lowest BCUT2D eigenvalue weighted by Crippen LogP contribution is -2.31. The summed E-state index contributed by atoms with van der Waals surface area (Å²) in [4.78, 5) is 13.9. The van der Waals surface area contributed by atoms with Crippen molar-refractivity contribution in [3.63, 3.8) is 0 Å². The van der Waals surface area contributed by atoms with Crippen molar-refractivity contribution in [3.8, 4) is 0 Å². The number of halogens is 2. The van der Waals surface area contributed by atoms with Crippen LogP contribution in [0.25, 0.3) is 0 Å². The summed E-state index contributed by atoms with van der Waals surface area (Å²) in [5.74, 6) is -0.685. The highest BCUT2D eigenvalue weighted by molar-refractivity contribution is 9.10. The highest BCUT2D eigenvalue weighted by Crippen LogP contribution is 2.24. The van der Waals surface area contributed by atoms with Gasteiger partial charge in [0.15, 0.2) is 0 Å². The number of nitrogens with two attached hydrogens (primary N) is 1. The number of hydrogen-bond donors (Lipinski definition) is 1. The van der Waals surface area contributed by atoms with Gasteiger partial charge in [-0.15, -0.1) is 0 Å². The molecule has 0 spiro atoms. The summed E-state index contributed by atoms with van der Waals surface area (Å²) in [6.07, 6.45) is 0. The molecule has 0 saturated carbocycles. The van der Waals surface area contributed by atoms with E-state index in [4.69, 9.17) is 5.73 Å². The van der Waals surface area contributed by atoms with Crippen LogP contribution in [-0.4, -0.2) is 12.5 Å². The largest absolute Gasteiger partial charge is 0.398 e. The van der Waals surface area contributed by atoms with Gasteiger partial charge in [-0.3, -0.25) is 4.79 Å². The minimum absolute atomic E-state index is 0.265. The zero-order valence-corrected chi connectivity index (χ0v) is 12.5.